The summed E-state index contributed by atoms with van der Waals surface area (Å²) in [6.45, 7) is 6.33. The normalized spacial score (nSPS) is 32.2. The highest BCUT2D eigenvalue weighted by Gasteiger charge is 2.62. The fraction of sp³-hybridized carbons (Fsp3) is 0.800. The van der Waals surface area contributed by atoms with Gasteiger partial charge < -0.3 is 14.4 Å². The largest absolute Gasteiger partial charge is 0.465 e. The van der Waals surface area contributed by atoms with E-state index in [0.29, 0.717) is 13.2 Å². The fourth-order valence-corrected chi connectivity index (χ4v) is 2.09. The lowest BCUT2D eigenvalue weighted by molar-refractivity contribution is -0.189. The first-order valence-corrected chi connectivity index (χ1v) is 5.10. The van der Waals surface area contributed by atoms with Crippen LogP contribution in [0.1, 0.15) is 20.8 Å². The second-order valence-electron chi connectivity index (χ2n) is 4.45. The lowest BCUT2D eigenvalue weighted by Gasteiger charge is -2.44. The highest BCUT2D eigenvalue weighted by atomic mass is 16.6. The predicted molar refractivity (Wildman–Crippen MR) is 50.8 cm³/mol. The molecule has 2 aliphatic heterocycles. The summed E-state index contributed by atoms with van der Waals surface area (Å²) in [6.07, 6.45) is -0.411. The maximum Gasteiger partial charge on any atom is 0.323 e. The minimum Gasteiger partial charge on any atom is -0.465 e. The van der Waals surface area contributed by atoms with Crippen LogP contribution >= 0.6 is 0 Å². The molecule has 2 saturated heterocycles. The van der Waals surface area contributed by atoms with Crippen molar-refractivity contribution in [3.63, 3.8) is 0 Å². The molecule has 84 valence electrons. The summed E-state index contributed by atoms with van der Waals surface area (Å²) >= 11 is 0. The van der Waals surface area contributed by atoms with Crippen molar-refractivity contribution in [3.05, 3.63) is 0 Å². The molecule has 2 atom stereocenters. The predicted octanol–water partition coefficient (Wildman–Crippen LogP) is 0.143. The Morgan fingerprint density at radius 3 is 2.93 bits per heavy atom. The lowest BCUT2D eigenvalue weighted by atomic mass is 9.91. The average molecular weight is 213 g/mol. The Labute approximate surface area is 88.3 Å². The van der Waals surface area contributed by atoms with Crippen LogP contribution < -0.4 is 0 Å². The van der Waals surface area contributed by atoms with Crippen molar-refractivity contribution in [1.82, 2.24) is 4.90 Å². The summed E-state index contributed by atoms with van der Waals surface area (Å²) in [4.78, 5) is 24.8. The molecule has 0 aromatic rings. The van der Waals surface area contributed by atoms with Crippen molar-refractivity contribution in [1.29, 1.82) is 0 Å². The first-order valence-electron chi connectivity index (χ1n) is 5.10. The number of carbonyl (C=O) groups is 2. The molecule has 2 unspecified atom stereocenters. The molecule has 0 spiro atoms. The number of hydrogen-bond acceptors (Lipinski definition) is 4. The molecule has 2 heterocycles. The number of amides is 1. The molecule has 15 heavy (non-hydrogen) atoms. The van der Waals surface area contributed by atoms with Gasteiger partial charge in [0.05, 0.1) is 18.8 Å². The summed E-state index contributed by atoms with van der Waals surface area (Å²) in [7, 11) is 0. The number of fused-ring (bicyclic) bond motifs is 1. The molecule has 0 bridgehead atoms. The first-order chi connectivity index (χ1) is 6.99. The van der Waals surface area contributed by atoms with Gasteiger partial charge in [0.1, 0.15) is 0 Å². The van der Waals surface area contributed by atoms with E-state index in [-0.39, 0.29) is 11.4 Å². The van der Waals surface area contributed by atoms with E-state index in [9.17, 15) is 9.59 Å². The standard InChI is InChI=1S/C10H15NO4/c1-4-14-9(13)6-7(12)11-8(6)15-5-10(11,2)3/h6,8H,4-5H2,1-3H3. The Kier molecular flexibility index (Phi) is 2.22. The van der Waals surface area contributed by atoms with Gasteiger partial charge in [-0.3, -0.25) is 9.59 Å². The van der Waals surface area contributed by atoms with E-state index in [1.54, 1.807) is 11.8 Å². The van der Waals surface area contributed by atoms with Crippen LogP contribution in [0.3, 0.4) is 0 Å². The van der Waals surface area contributed by atoms with Crippen molar-refractivity contribution in [3.8, 4) is 0 Å². The summed E-state index contributed by atoms with van der Waals surface area (Å²) in [5.74, 6) is -1.39. The van der Waals surface area contributed by atoms with Gasteiger partial charge in [-0.2, -0.15) is 0 Å². The highest BCUT2D eigenvalue weighted by Crippen LogP contribution is 2.41. The topological polar surface area (TPSA) is 55.8 Å². The molecule has 2 fully saturated rings. The summed E-state index contributed by atoms with van der Waals surface area (Å²) < 4.78 is 10.2. The van der Waals surface area contributed by atoms with Gasteiger partial charge in [0.2, 0.25) is 5.91 Å². The van der Waals surface area contributed by atoms with E-state index in [2.05, 4.69) is 0 Å². The molecule has 0 aromatic carbocycles. The minimum atomic E-state index is -0.744. The van der Waals surface area contributed by atoms with Gasteiger partial charge in [0, 0.05) is 0 Å². The number of ether oxygens (including phenoxy) is 2. The Hall–Kier alpha value is -1.10. The molecule has 0 aliphatic carbocycles. The Morgan fingerprint density at radius 1 is 1.67 bits per heavy atom. The monoisotopic (exact) mass is 213 g/mol. The van der Waals surface area contributed by atoms with Crippen molar-refractivity contribution in [2.45, 2.75) is 32.5 Å². The zero-order valence-corrected chi connectivity index (χ0v) is 9.15. The van der Waals surface area contributed by atoms with Crippen molar-refractivity contribution < 1.29 is 19.1 Å². The molecule has 2 aliphatic rings. The van der Waals surface area contributed by atoms with Crippen LogP contribution in [0.2, 0.25) is 0 Å². The first kappa shape index (κ1) is 10.4. The quantitative estimate of drug-likeness (QED) is 0.372. The summed E-state index contributed by atoms with van der Waals surface area (Å²) in [6, 6.07) is 0. The number of esters is 1. The number of rotatable bonds is 2. The molecule has 5 nitrogen and oxygen atoms in total. The van der Waals surface area contributed by atoms with E-state index in [0.717, 1.165) is 0 Å². The molecular formula is C10H15NO4. The molecule has 0 radical (unpaired) electrons. The molecule has 0 aromatic heterocycles. The Balaban J connectivity index is 2.09. The van der Waals surface area contributed by atoms with Crippen LogP contribution in [0, 0.1) is 5.92 Å². The van der Waals surface area contributed by atoms with Crippen molar-refractivity contribution >= 4 is 11.9 Å². The van der Waals surface area contributed by atoms with Crippen LogP contribution in [0.25, 0.3) is 0 Å². The lowest BCUT2D eigenvalue weighted by Crippen LogP contribution is -2.66. The van der Waals surface area contributed by atoms with Crippen LogP contribution in [0.15, 0.2) is 0 Å². The third kappa shape index (κ3) is 1.33. The second-order valence-corrected chi connectivity index (χ2v) is 4.45. The van der Waals surface area contributed by atoms with Gasteiger partial charge in [0.15, 0.2) is 12.1 Å². The highest BCUT2D eigenvalue weighted by molar-refractivity contribution is 6.03. The number of carbonyl (C=O) groups excluding carboxylic acids is 2. The third-order valence-corrected chi connectivity index (χ3v) is 2.84. The number of β-lactam (4-membered cyclic amide) rings is 1. The zero-order valence-electron chi connectivity index (χ0n) is 9.15. The van der Waals surface area contributed by atoms with E-state index in [4.69, 9.17) is 9.47 Å². The van der Waals surface area contributed by atoms with E-state index in [1.807, 2.05) is 13.8 Å². The van der Waals surface area contributed by atoms with Gasteiger partial charge in [-0.15, -0.1) is 0 Å². The summed E-state index contributed by atoms with van der Waals surface area (Å²) in [5, 5.41) is 0. The molecule has 2 rings (SSSR count). The average Bonchev–Trinajstić information content (AvgIpc) is 2.37. The Morgan fingerprint density at radius 2 is 2.33 bits per heavy atom. The number of nitrogens with zero attached hydrogens (tertiary/aromatic N) is 1. The SMILES string of the molecule is CCOC(=O)C1C(=O)N2C1OCC2(C)C. The van der Waals surface area contributed by atoms with Crippen LogP contribution in [-0.2, 0) is 19.1 Å². The van der Waals surface area contributed by atoms with Gasteiger partial charge >= 0.3 is 5.97 Å². The smallest absolute Gasteiger partial charge is 0.323 e. The molecule has 1 amide bonds. The van der Waals surface area contributed by atoms with E-state index >= 15 is 0 Å². The Bertz CT molecular complexity index is 313. The molecule has 5 heteroatoms. The molecule has 0 N–H and O–H groups in total. The maximum atomic E-state index is 11.7. The van der Waals surface area contributed by atoms with E-state index < -0.39 is 18.1 Å². The second kappa shape index (κ2) is 3.20. The van der Waals surface area contributed by atoms with Crippen LogP contribution in [0.4, 0.5) is 0 Å². The maximum absolute atomic E-state index is 11.7. The zero-order chi connectivity index (χ0) is 11.2. The minimum absolute atomic E-state index is 0.180. The van der Waals surface area contributed by atoms with Crippen LogP contribution in [0.5, 0.6) is 0 Å². The van der Waals surface area contributed by atoms with Crippen LogP contribution in [-0.4, -0.2) is 41.8 Å². The van der Waals surface area contributed by atoms with E-state index in [1.165, 1.54) is 0 Å². The fourth-order valence-electron chi connectivity index (χ4n) is 2.09. The van der Waals surface area contributed by atoms with Gasteiger partial charge in [0.25, 0.3) is 0 Å². The van der Waals surface area contributed by atoms with Gasteiger partial charge in [-0.05, 0) is 20.8 Å². The van der Waals surface area contributed by atoms with Gasteiger partial charge in [-0.1, -0.05) is 0 Å². The van der Waals surface area contributed by atoms with Crippen molar-refractivity contribution in [2.75, 3.05) is 13.2 Å². The van der Waals surface area contributed by atoms with Crippen molar-refractivity contribution in [2.24, 2.45) is 5.92 Å². The molecule has 0 saturated carbocycles. The molecular weight excluding hydrogens is 198 g/mol. The summed E-state index contributed by atoms with van der Waals surface area (Å²) in [5.41, 5.74) is -0.301. The van der Waals surface area contributed by atoms with Gasteiger partial charge in [-0.25, -0.2) is 0 Å². The number of hydrogen-bond donors (Lipinski definition) is 0. The third-order valence-electron chi connectivity index (χ3n) is 2.84.